The fourth-order valence-electron chi connectivity index (χ4n) is 7.63. The number of rotatable bonds is 5. The number of para-hydroxylation sites is 2. The summed E-state index contributed by atoms with van der Waals surface area (Å²) in [6.07, 6.45) is 0. The molecule has 0 atom stereocenters. The van der Waals surface area contributed by atoms with E-state index in [0.717, 1.165) is 11.4 Å². The van der Waals surface area contributed by atoms with Crippen molar-refractivity contribution in [1.82, 2.24) is 4.57 Å². The summed E-state index contributed by atoms with van der Waals surface area (Å²) in [5, 5.41) is 6.33. The number of benzene rings is 7. The lowest BCUT2D eigenvalue weighted by molar-refractivity contribution is 0.660. The summed E-state index contributed by atoms with van der Waals surface area (Å²) in [6, 6.07) is 59.4. The fraction of sp³-hybridized carbons (Fsp3) is 0.0667. The Bertz CT molecular complexity index is 2450. The Kier molecular flexibility index (Phi) is 6.20. The Labute approximate surface area is 275 Å². The van der Waals surface area contributed by atoms with E-state index in [1.807, 2.05) is 0 Å². The zero-order chi connectivity index (χ0) is 31.5. The van der Waals surface area contributed by atoms with Crippen LogP contribution in [0.15, 0.2) is 164 Å². The van der Waals surface area contributed by atoms with Crippen LogP contribution in [0.5, 0.6) is 0 Å². The minimum atomic E-state index is -0.0436. The molecule has 9 rings (SSSR count). The van der Waals surface area contributed by atoms with Gasteiger partial charge in [0.25, 0.3) is 0 Å². The van der Waals surface area contributed by atoms with E-state index in [2.05, 4.69) is 188 Å². The second-order valence-electron chi connectivity index (χ2n) is 13.1. The van der Waals surface area contributed by atoms with Crippen molar-refractivity contribution in [2.24, 2.45) is 0 Å². The molecule has 0 fully saturated rings. The molecule has 8 aromatic rings. The van der Waals surface area contributed by atoms with Crippen molar-refractivity contribution in [3.05, 3.63) is 175 Å². The number of anilines is 2. The van der Waals surface area contributed by atoms with Gasteiger partial charge in [-0.2, -0.15) is 0 Å². The Morgan fingerprint density at radius 3 is 1.96 bits per heavy atom. The van der Waals surface area contributed by atoms with E-state index in [4.69, 9.17) is 0 Å². The lowest BCUT2D eigenvalue weighted by atomic mass is 9.82. The van der Waals surface area contributed by atoms with Gasteiger partial charge in [-0.3, -0.25) is 0 Å². The van der Waals surface area contributed by atoms with E-state index < -0.39 is 0 Å². The lowest BCUT2D eigenvalue weighted by Gasteiger charge is -2.22. The predicted octanol–water partition coefficient (Wildman–Crippen LogP) is 12.2. The number of hydrogen-bond acceptors (Lipinski definition) is 1. The summed E-state index contributed by atoms with van der Waals surface area (Å²) in [7, 11) is 0. The van der Waals surface area contributed by atoms with Crippen LogP contribution in [0, 0.1) is 0 Å². The average Bonchev–Trinajstić information content (AvgIpc) is 3.57. The minimum Gasteiger partial charge on any atom is -0.355 e. The van der Waals surface area contributed by atoms with E-state index >= 15 is 0 Å². The first kappa shape index (κ1) is 27.5. The maximum Gasteiger partial charge on any atom is 0.0541 e. The Hall–Kier alpha value is -5.86. The van der Waals surface area contributed by atoms with Crippen molar-refractivity contribution < 1.29 is 0 Å². The summed E-state index contributed by atoms with van der Waals surface area (Å²) in [5.74, 6) is 0. The van der Waals surface area contributed by atoms with Crippen molar-refractivity contribution in [1.29, 1.82) is 0 Å². The van der Waals surface area contributed by atoms with Crippen molar-refractivity contribution >= 4 is 33.2 Å². The lowest BCUT2D eigenvalue weighted by Crippen LogP contribution is -2.15. The Morgan fingerprint density at radius 2 is 1.11 bits per heavy atom. The van der Waals surface area contributed by atoms with Gasteiger partial charge in [0.05, 0.1) is 11.0 Å². The molecule has 0 saturated carbocycles. The van der Waals surface area contributed by atoms with Crippen LogP contribution >= 0.6 is 0 Å². The molecule has 0 radical (unpaired) electrons. The molecule has 47 heavy (non-hydrogen) atoms. The van der Waals surface area contributed by atoms with Crippen LogP contribution in [-0.4, -0.2) is 4.57 Å². The first-order valence-electron chi connectivity index (χ1n) is 16.4. The standard InChI is InChI=1S/C45H34N2/c1-45(2)40-19-11-9-17-35(40)36-24-23-33(29-41(36)45)46-42-25-21-31(27-38(42)30-13-5-3-6-14-30)32-22-26-44-39(28-32)37-18-10-12-20-43(37)47(44)34-15-7-4-8-16-34/h3-29,46H,1-2H3. The molecule has 1 aliphatic rings. The Balaban J connectivity index is 1.15. The molecule has 0 spiro atoms. The van der Waals surface area contributed by atoms with Gasteiger partial charge in [-0.1, -0.05) is 123 Å². The minimum absolute atomic E-state index is 0.0436. The third-order valence-corrected chi connectivity index (χ3v) is 9.99. The molecule has 224 valence electrons. The van der Waals surface area contributed by atoms with E-state index in [1.54, 1.807) is 0 Å². The van der Waals surface area contributed by atoms with Gasteiger partial charge in [0, 0.05) is 38.8 Å². The average molecular weight is 603 g/mol. The molecule has 2 nitrogen and oxygen atoms in total. The van der Waals surface area contributed by atoms with Gasteiger partial charge in [-0.25, -0.2) is 0 Å². The quantitative estimate of drug-likeness (QED) is 0.207. The summed E-state index contributed by atoms with van der Waals surface area (Å²) in [5.41, 5.74) is 16.0. The molecule has 0 bridgehead atoms. The number of fused-ring (bicyclic) bond motifs is 6. The van der Waals surface area contributed by atoms with Gasteiger partial charge in [0.1, 0.15) is 0 Å². The van der Waals surface area contributed by atoms with Crippen LogP contribution in [0.4, 0.5) is 11.4 Å². The molecule has 0 saturated heterocycles. The highest BCUT2D eigenvalue weighted by Crippen LogP contribution is 2.49. The molecule has 0 unspecified atom stereocenters. The number of nitrogens with zero attached hydrogens (tertiary/aromatic N) is 1. The van der Waals surface area contributed by atoms with Gasteiger partial charge < -0.3 is 9.88 Å². The highest BCUT2D eigenvalue weighted by molar-refractivity contribution is 6.10. The molecule has 1 heterocycles. The highest BCUT2D eigenvalue weighted by atomic mass is 15.0. The van der Waals surface area contributed by atoms with Gasteiger partial charge in [-0.15, -0.1) is 0 Å². The van der Waals surface area contributed by atoms with E-state index in [1.165, 1.54) is 72.0 Å². The van der Waals surface area contributed by atoms with Gasteiger partial charge in [0.2, 0.25) is 0 Å². The number of aromatic nitrogens is 1. The van der Waals surface area contributed by atoms with Crippen LogP contribution in [0.2, 0.25) is 0 Å². The molecule has 7 aromatic carbocycles. The molecule has 0 amide bonds. The fourth-order valence-corrected chi connectivity index (χ4v) is 7.63. The molecule has 1 N–H and O–H groups in total. The van der Waals surface area contributed by atoms with Crippen LogP contribution in [0.3, 0.4) is 0 Å². The molecule has 1 aliphatic carbocycles. The molecule has 0 aliphatic heterocycles. The second kappa shape index (κ2) is 10.6. The summed E-state index contributed by atoms with van der Waals surface area (Å²) < 4.78 is 2.37. The topological polar surface area (TPSA) is 17.0 Å². The van der Waals surface area contributed by atoms with Gasteiger partial charge >= 0.3 is 0 Å². The number of nitrogens with one attached hydrogen (secondary N) is 1. The van der Waals surface area contributed by atoms with Crippen molar-refractivity contribution in [2.45, 2.75) is 19.3 Å². The first-order valence-corrected chi connectivity index (χ1v) is 16.4. The normalized spacial score (nSPS) is 13.1. The predicted molar refractivity (Wildman–Crippen MR) is 199 cm³/mol. The summed E-state index contributed by atoms with van der Waals surface area (Å²) in [6.45, 7) is 4.67. The smallest absolute Gasteiger partial charge is 0.0541 e. The van der Waals surface area contributed by atoms with Gasteiger partial charge in [0.15, 0.2) is 0 Å². The Morgan fingerprint density at radius 1 is 0.447 bits per heavy atom. The highest BCUT2D eigenvalue weighted by Gasteiger charge is 2.35. The van der Waals surface area contributed by atoms with E-state index in [9.17, 15) is 0 Å². The molecule has 1 aromatic heterocycles. The zero-order valence-corrected chi connectivity index (χ0v) is 26.5. The number of hydrogen-bond donors (Lipinski definition) is 1. The van der Waals surface area contributed by atoms with Crippen LogP contribution in [0.1, 0.15) is 25.0 Å². The third-order valence-electron chi connectivity index (χ3n) is 9.99. The second-order valence-corrected chi connectivity index (χ2v) is 13.1. The zero-order valence-electron chi connectivity index (χ0n) is 26.5. The van der Waals surface area contributed by atoms with Crippen LogP contribution < -0.4 is 5.32 Å². The third kappa shape index (κ3) is 4.40. The maximum absolute atomic E-state index is 3.82. The summed E-state index contributed by atoms with van der Waals surface area (Å²) >= 11 is 0. The monoisotopic (exact) mass is 602 g/mol. The van der Waals surface area contributed by atoms with E-state index in [0.29, 0.717) is 0 Å². The van der Waals surface area contributed by atoms with Crippen LogP contribution in [0.25, 0.3) is 60.9 Å². The van der Waals surface area contributed by atoms with E-state index in [-0.39, 0.29) is 5.41 Å². The van der Waals surface area contributed by atoms with Crippen molar-refractivity contribution in [3.63, 3.8) is 0 Å². The van der Waals surface area contributed by atoms with Crippen molar-refractivity contribution in [2.75, 3.05) is 5.32 Å². The van der Waals surface area contributed by atoms with Crippen molar-refractivity contribution in [3.8, 4) is 39.1 Å². The molecule has 2 heteroatoms. The maximum atomic E-state index is 3.82. The molecular formula is C45H34N2. The summed E-state index contributed by atoms with van der Waals surface area (Å²) in [4.78, 5) is 0. The molecular weight excluding hydrogens is 569 g/mol. The van der Waals surface area contributed by atoms with Crippen LogP contribution in [-0.2, 0) is 5.41 Å². The van der Waals surface area contributed by atoms with Gasteiger partial charge in [-0.05, 0) is 93.5 Å². The SMILES string of the molecule is CC1(C)c2ccccc2-c2ccc(Nc3ccc(-c4ccc5c(c4)c4ccccc4n5-c4ccccc4)cc3-c3ccccc3)cc21. The first-order chi connectivity index (χ1) is 23.1. The largest absolute Gasteiger partial charge is 0.355 e.